The summed E-state index contributed by atoms with van der Waals surface area (Å²) in [7, 11) is -3.56. The number of rotatable bonds is 4. The molecule has 2 aliphatic rings. The summed E-state index contributed by atoms with van der Waals surface area (Å²) in [5, 5.41) is 0.337. The number of carbonyl (C=O) groups is 1. The first-order valence-electron chi connectivity index (χ1n) is 8.90. The molecule has 1 fully saturated rings. The van der Waals surface area contributed by atoms with Crippen molar-refractivity contribution in [1.82, 2.24) is 9.62 Å². The standard InChI is InChI=1S/C19H19ClN2O5S/c20-16-10-13(11-17-18(16)27-12-26-17)19(23)22-8-6-14(7-9-22)21-28(24,25)15-4-2-1-3-5-15/h1-5,10-11,14,21H,6-9,12H2. The predicted molar refractivity (Wildman–Crippen MR) is 103 cm³/mol. The molecule has 0 aromatic heterocycles. The number of benzene rings is 2. The molecular weight excluding hydrogens is 404 g/mol. The van der Waals surface area contributed by atoms with E-state index in [2.05, 4.69) is 4.72 Å². The van der Waals surface area contributed by atoms with Crippen molar-refractivity contribution in [2.45, 2.75) is 23.8 Å². The van der Waals surface area contributed by atoms with Gasteiger partial charge >= 0.3 is 0 Å². The second-order valence-electron chi connectivity index (χ2n) is 6.69. The summed E-state index contributed by atoms with van der Waals surface area (Å²) in [6.07, 6.45) is 1.08. The summed E-state index contributed by atoms with van der Waals surface area (Å²) in [6, 6.07) is 11.2. The van der Waals surface area contributed by atoms with Gasteiger partial charge in [-0.25, -0.2) is 13.1 Å². The molecule has 28 heavy (non-hydrogen) atoms. The number of carbonyl (C=O) groups excluding carboxylic acids is 1. The third-order valence-electron chi connectivity index (χ3n) is 4.83. The molecule has 0 atom stereocenters. The number of fused-ring (bicyclic) bond motifs is 1. The van der Waals surface area contributed by atoms with Crippen LogP contribution < -0.4 is 14.2 Å². The zero-order valence-electron chi connectivity index (χ0n) is 14.9. The van der Waals surface area contributed by atoms with Crippen LogP contribution in [0.4, 0.5) is 0 Å². The van der Waals surface area contributed by atoms with Gasteiger partial charge in [0.15, 0.2) is 11.5 Å². The lowest BCUT2D eigenvalue weighted by atomic mass is 10.0. The lowest BCUT2D eigenvalue weighted by Crippen LogP contribution is -2.46. The predicted octanol–water partition coefficient (Wildman–Crippen LogP) is 2.65. The summed E-state index contributed by atoms with van der Waals surface area (Å²) >= 11 is 6.16. The molecule has 0 radical (unpaired) electrons. The fourth-order valence-corrected chi connectivity index (χ4v) is 4.95. The Balaban J connectivity index is 1.39. The van der Waals surface area contributed by atoms with E-state index in [1.165, 1.54) is 0 Å². The van der Waals surface area contributed by atoms with Crippen LogP contribution in [0.5, 0.6) is 11.5 Å². The number of piperidine rings is 1. The van der Waals surface area contributed by atoms with Gasteiger partial charge in [0.1, 0.15) is 0 Å². The average Bonchev–Trinajstić information content (AvgIpc) is 3.18. The molecule has 0 bridgehead atoms. The number of hydrogen-bond acceptors (Lipinski definition) is 5. The van der Waals surface area contributed by atoms with Crippen LogP contribution in [0.3, 0.4) is 0 Å². The fraction of sp³-hybridized carbons (Fsp3) is 0.316. The van der Waals surface area contributed by atoms with Gasteiger partial charge in [0, 0.05) is 24.7 Å². The Morgan fingerprint density at radius 3 is 2.54 bits per heavy atom. The van der Waals surface area contributed by atoms with Crippen LogP contribution in [0.25, 0.3) is 0 Å². The van der Waals surface area contributed by atoms with Gasteiger partial charge in [0.05, 0.1) is 9.92 Å². The number of hydrogen-bond donors (Lipinski definition) is 1. The number of nitrogens with zero attached hydrogens (tertiary/aromatic N) is 1. The van der Waals surface area contributed by atoms with Crippen molar-refractivity contribution in [2.75, 3.05) is 19.9 Å². The van der Waals surface area contributed by atoms with E-state index in [1.807, 2.05) is 0 Å². The largest absolute Gasteiger partial charge is 0.454 e. The fourth-order valence-electron chi connectivity index (χ4n) is 3.36. The normalized spacial score (nSPS) is 17.0. The maximum Gasteiger partial charge on any atom is 0.254 e. The van der Waals surface area contributed by atoms with E-state index in [9.17, 15) is 13.2 Å². The van der Waals surface area contributed by atoms with Crippen molar-refractivity contribution in [3.8, 4) is 11.5 Å². The van der Waals surface area contributed by atoms with Crippen molar-refractivity contribution >= 4 is 27.5 Å². The van der Waals surface area contributed by atoms with Crippen molar-refractivity contribution < 1.29 is 22.7 Å². The van der Waals surface area contributed by atoms with E-state index in [1.54, 1.807) is 47.4 Å². The summed E-state index contributed by atoms with van der Waals surface area (Å²) in [6.45, 7) is 0.986. The Bertz CT molecular complexity index is 989. The molecule has 0 spiro atoms. The molecule has 9 heteroatoms. The van der Waals surface area contributed by atoms with E-state index in [-0.39, 0.29) is 23.6 Å². The van der Waals surface area contributed by atoms with Crippen molar-refractivity contribution in [1.29, 1.82) is 0 Å². The van der Waals surface area contributed by atoms with Crippen LogP contribution in [0.15, 0.2) is 47.4 Å². The lowest BCUT2D eigenvalue weighted by molar-refractivity contribution is 0.0711. The van der Waals surface area contributed by atoms with E-state index < -0.39 is 10.0 Å². The Labute approximate surface area is 168 Å². The van der Waals surface area contributed by atoms with Gasteiger partial charge < -0.3 is 14.4 Å². The van der Waals surface area contributed by atoms with Gasteiger partial charge in [0.2, 0.25) is 16.8 Å². The number of halogens is 1. The number of ether oxygens (including phenoxy) is 2. The molecule has 1 N–H and O–H groups in total. The summed E-state index contributed by atoms with van der Waals surface area (Å²) < 4.78 is 38.2. The third-order valence-corrected chi connectivity index (χ3v) is 6.65. The van der Waals surface area contributed by atoms with Crippen LogP contribution in [0.1, 0.15) is 23.2 Å². The number of likely N-dealkylation sites (tertiary alicyclic amines) is 1. The molecule has 2 aromatic carbocycles. The van der Waals surface area contributed by atoms with Crippen LogP contribution in [-0.4, -0.2) is 45.1 Å². The number of amides is 1. The number of nitrogens with one attached hydrogen (secondary N) is 1. The highest BCUT2D eigenvalue weighted by atomic mass is 35.5. The SMILES string of the molecule is O=C(c1cc(Cl)c2c(c1)OCO2)N1CCC(NS(=O)(=O)c2ccccc2)CC1. The second kappa shape index (κ2) is 7.62. The minimum atomic E-state index is -3.56. The second-order valence-corrected chi connectivity index (χ2v) is 8.81. The van der Waals surface area contributed by atoms with E-state index >= 15 is 0 Å². The zero-order valence-corrected chi connectivity index (χ0v) is 16.5. The summed E-state index contributed by atoms with van der Waals surface area (Å²) in [4.78, 5) is 14.7. The van der Waals surface area contributed by atoms with Gasteiger partial charge in [-0.05, 0) is 37.1 Å². The van der Waals surface area contributed by atoms with E-state index in [0.29, 0.717) is 48.0 Å². The molecule has 1 saturated heterocycles. The topological polar surface area (TPSA) is 84.9 Å². The van der Waals surface area contributed by atoms with Crippen LogP contribution in [0, 0.1) is 0 Å². The van der Waals surface area contributed by atoms with Crippen molar-refractivity contribution in [2.24, 2.45) is 0 Å². The lowest BCUT2D eigenvalue weighted by Gasteiger charge is -2.32. The maximum absolute atomic E-state index is 12.8. The Morgan fingerprint density at radius 2 is 1.82 bits per heavy atom. The first-order valence-corrected chi connectivity index (χ1v) is 10.8. The van der Waals surface area contributed by atoms with Gasteiger partial charge in [-0.3, -0.25) is 4.79 Å². The molecule has 2 aliphatic heterocycles. The van der Waals surface area contributed by atoms with Crippen LogP contribution >= 0.6 is 11.6 Å². The van der Waals surface area contributed by atoms with E-state index in [4.69, 9.17) is 21.1 Å². The molecule has 1 amide bonds. The van der Waals surface area contributed by atoms with Gasteiger partial charge in [0.25, 0.3) is 5.91 Å². The van der Waals surface area contributed by atoms with Crippen molar-refractivity contribution in [3.63, 3.8) is 0 Å². The number of sulfonamides is 1. The Kier molecular flexibility index (Phi) is 5.18. The minimum Gasteiger partial charge on any atom is -0.454 e. The molecule has 0 unspecified atom stereocenters. The van der Waals surface area contributed by atoms with Gasteiger partial charge in [-0.1, -0.05) is 29.8 Å². The van der Waals surface area contributed by atoms with E-state index in [0.717, 1.165) is 0 Å². The zero-order chi connectivity index (χ0) is 19.7. The maximum atomic E-state index is 12.8. The molecule has 2 heterocycles. The Hall–Kier alpha value is -2.29. The highest BCUT2D eigenvalue weighted by Crippen LogP contribution is 2.40. The molecule has 4 rings (SSSR count). The summed E-state index contributed by atoms with van der Waals surface area (Å²) in [5.41, 5.74) is 0.428. The Morgan fingerprint density at radius 1 is 1.11 bits per heavy atom. The molecule has 0 saturated carbocycles. The monoisotopic (exact) mass is 422 g/mol. The average molecular weight is 423 g/mol. The first kappa shape index (κ1) is 19.0. The highest BCUT2D eigenvalue weighted by molar-refractivity contribution is 7.89. The minimum absolute atomic E-state index is 0.0830. The quantitative estimate of drug-likeness (QED) is 0.818. The van der Waals surface area contributed by atoms with Crippen LogP contribution in [-0.2, 0) is 10.0 Å². The summed E-state index contributed by atoms with van der Waals surface area (Å²) in [5.74, 6) is 0.748. The van der Waals surface area contributed by atoms with Gasteiger partial charge in [-0.15, -0.1) is 0 Å². The van der Waals surface area contributed by atoms with Crippen molar-refractivity contribution in [3.05, 3.63) is 53.1 Å². The van der Waals surface area contributed by atoms with Gasteiger partial charge in [-0.2, -0.15) is 0 Å². The third kappa shape index (κ3) is 3.80. The molecule has 148 valence electrons. The molecule has 7 nitrogen and oxygen atoms in total. The van der Waals surface area contributed by atoms with Crippen LogP contribution in [0.2, 0.25) is 5.02 Å². The smallest absolute Gasteiger partial charge is 0.254 e. The first-order chi connectivity index (χ1) is 13.4. The molecule has 2 aromatic rings. The highest BCUT2D eigenvalue weighted by Gasteiger charge is 2.28. The molecular formula is C19H19ClN2O5S. The molecule has 0 aliphatic carbocycles.